The van der Waals surface area contributed by atoms with Crippen LogP contribution in [-0.2, 0) is 0 Å². The molecule has 1 fully saturated rings. The third-order valence-electron chi connectivity index (χ3n) is 3.57. The number of likely N-dealkylation sites (tertiary alicyclic amines) is 1. The fourth-order valence-corrected chi connectivity index (χ4v) is 3.34. The predicted molar refractivity (Wildman–Crippen MR) is 78.7 cm³/mol. The highest BCUT2D eigenvalue weighted by molar-refractivity contribution is 7.22. The summed E-state index contributed by atoms with van der Waals surface area (Å²) >= 11 is 1.52. The van der Waals surface area contributed by atoms with Gasteiger partial charge in [-0.25, -0.2) is 9.78 Å². The lowest BCUT2D eigenvalue weighted by Gasteiger charge is -2.32. The first-order valence-electron chi connectivity index (χ1n) is 6.67. The second-order valence-corrected chi connectivity index (χ2v) is 5.99. The molecule has 100 valence electrons. The second-order valence-electron chi connectivity index (χ2n) is 4.96. The largest absolute Gasteiger partial charge is 0.323 e. The summed E-state index contributed by atoms with van der Waals surface area (Å²) in [4.78, 5) is 18.6. The number of para-hydroxylation sites is 1. The number of fused-ring (bicyclic) bond motifs is 1. The molecule has 4 nitrogen and oxygen atoms in total. The van der Waals surface area contributed by atoms with Crippen molar-refractivity contribution in [3.05, 3.63) is 24.3 Å². The van der Waals surface area contributed by atoms with Crippen LogP contribution in [0.4, 0.5) is 9.93 Å². The summed E-state index contributed by atoms with van der Waals surface area (Å²) in [6.07, 6.45) is 3.40. The van der Waals surface area contributed by atoms with Crippen LogP contribution in [0.25, 0.3) is 10.2 Å². The Morgan fingerprint density at radius 2 is 2.26 bits per heavy atom. The van der Waals surface area contributed by atoms with E-state index in [2.05, 4.69) is 17.2 Å². The van der Waals surface area contributed by atoms with Gasteiger partial charge < -0.3 is 4.90 Å². The minimum atomic E-state index is -0.0220. The molecule has 2 aromatic rings. The number of hydrogen-bond acceptors (Lipinski definition) is 3. The number of piperidine rings is 1. The Labute approximate surface area is 116 Å². The van der Waals surface area contributed by atoms with Gasteiger partial charge in [0.2, 0.25) is 0 Å². The summed E-state index contributed by atoms with van der Waals surface area (Å²) in [5.74, 6) is 0. The van der Waals surface area contributed by atoms with Crippen molar-refractivity contribution in [1.82, 2.24) is 9.88 Å². The Bertz CT molecular complexity index is 562. The molecule has 3 rings (SSSR count). The van der Waals surface area contributed by atoms with Gasteiger partial charge in [0.25, 0.3) is 0 Å². The Hall–Kier alpha value is -1.62. The Balaban J connectivity index is 1.75. The number of nitrogens with one attached hydrogen (secondary N) is 1. The third-order valence-corrected chi connectivity index (χ3v) is 4.52. The summed E-state index contributed by atoms with van der Waals surface area (Å²) in [6.45, 7) is 2.95. The number of hydrogen-bond donors (Lipinski definition) is 1. The first-order valence-corrected chi connectivity index (χ1v) is 7.49. The lowest BCUT2D eigenvalue weighted by Crippen LogP contribution is -2.44. The summed E-state index contributed by atoms with van der Waals surface area (Å²) in [6, 6.07) is 8.23. The first kappa shape index (κ1) is 12.4. The molecule has 1 N–H and O–H groups in total. The molecule has 2 heterocycles. The average molecular weight is 275 g/mol. The maximum atomic E-state index is 12.2. The lowest BCUT2D eigenvalue weighted by atomic mass is 10.0. The van der Waals surface area contributed by atoms with Gasteiger partial charge in [0, 0.05) is 12.6 Å². The zero-order chi connectivity index (χ0) is 13.2. The molecule has 1 saturated heterocycles. The zero-order valence-corrected chi connectivity index (χ0v) is 11.7. The number of benzene rings is 1. The summed E-state index contributed by atoms with van der Waals surface area (Å²) in [5, 5.41) is 3.61. The number of nitrogens with zero attached hydrogens (tertiary/aromatic N) is 2. The van der Waals surface area contributed by atoms with E-state index in [9.17, 15) is 4.79 Å². The number of amides is 2. The van der Waals surface area contributed by atoms with Crippen LogP contribution in [0, 0.1) is 0 Å². The molecule has 5 heteroatoms. The average Bonchev–Trinajstić information content (AvgIpc) is 2.81. The lowest BCUT2D eigenvalue weighted by molar-refractivity contribution is 0.170. The Morgan fingerprint density at radius 3 is 3.05 bits per heavy atom. The highest BCUT2D eigenvalue weighted by atomic mass is 32.1. The molecule has 1 aliphatic heterocycles. The van der Waals surface area contributed by atoms with Crippen LogP contribution < -0.4 is 5.32 Å². The van der Waals surface area contributed by atoms with Crippen LogP contribution in [0.1, 0.15) is 26.2 Å². The molecule has 0 bridgehead atoms. The fraction of sp³-hybridized carbons (Fsp3) is 0.429. The highest BCUT2D eigenvalue weighted by Crippen LogP contribution is 2.26. The molecule has 1 aromatic carbocycles. The van der Waals surface area contributed by atoms with Crippen molar-refractivity contribution in [2.75, 3.05) is 11.9 Å². The number of anilines is 1. The third kappa shape index (κ3) is 2.56. The highest BCUT2D eigenvalue weighted by Gasteiger charge is 2.23. The van der Waals surface area contributed by atoms with Crippen LogP contribution in [0.2, 0.25) is 0 Å². The van der Waals surface area contributed by atoms with Gasteiger partial charge in [0.05, 0.1) is 10.2 Å². The zero-order valence-electron chi connectivity index (χ0n) is 10.9. The molecule has 2 amide bonds. The van der Waals surface area contributed by atoms with E-state index in [0.29, 0.717) is 11.2 Å². The molecule has 1 unspecified atom stereocenters. The summed E-state index contributed by atoms with van der Waals surface area (Å²) in [7, 11) is 0. The van der Waals surface area contributed by atoms with Gasteiger partial charge in [0.15, 0.2) is 5.13 Å². The van der Waals surface area contributed by atoms with Gasteiger partial charge in [0.1, 0.15) is 0 Å². The topological polar surface area (TPSA) is 45.2 Å². The maximum Gasteiger partial charge on any atom is 0.323 e. The molecule has 1 atom stereocenters. The molecule has 0 spiro atoms. The van der Waals surface area contributed by atoms with Gasteiger partial charge in [-0.1, -0.05) is 23.5 Å². The van der Waals surface area contributed by atoms with Crippen LogP contribution in [0.5, 0.6) is 0 Å². The molecule has 1 aliphatic rings. The van der Waals surface area contributed by atoms with E-state index in [1.165, 1.54) is 17.8 Å². The quantitative estimate of drug-likeness (QED) is 0.862. The van der Waals surface area contributed by atoms with Gasteiger partial charge >= 0.3 is 6.03 Å². The molecule has 0 saturated carbocycles. The smallest absolute Gasteiger partial charge is 0.322 e. The molecular formula is C14H17N3OS. The van der Waals surface area contributed by atoms with Crippen molar-refractivity contribution < 1.29 is 4.79 Å². The van der Waals surface area contributed by atoms with E-state index in [1.807, 2.05) is 29.2 Å². The Morgan fingerprint density at radius 1 is 1.42 bits per heavy atom. The van der Waals surface area contributed by atoms with Crippen LogP contribution in [0.3, 0.4) is 0 Å². The predicted octanol–water partition coefficient (Wildman–Crippen LogP) is 3.70. The SMILES string of the molecule is CC1CCCCN1C(=O)Nc1nc2ccccc2s1. The van der Waals surface area contributed by atoms with Crippen molar-refractivity contribution in [3.8, 4) is 0 Å². The maximum absolute atomic E-state index is 12.2. The van der Waals surface area contributed by atoms with Crippen molar-refractivity contribution in [1.29, 1.82) is 0 Å². The van der Waals surface area contributed by atoms with E-state index in [-0.39, 0.29) is 6.03 Å². The van der Waals surface area contributed by atoms with Crippen molar-refractivity contribution in [2.45, 2.75) is 32.2 Å². The second kappa shape index (κ2) is 5.17. The Kier molecular flexibility index (Phi) is 3.38. The minimum Gasteiger partial charge on any atom is -0.322 e. The summed E-state index contributed by atoms with van der Waals surface area (Å²) in [5.41, 5.74) is 0.939. The summed E-state index contributed by atoms with van der Waals surface area (Å²) < 4.78 is 1.10. The number of aromatic nitrogens is 1. The van der Waals surface area contributed by atoms with E-state index >= 15 is 0 Å². The van der Waals surface area contributed by atoms with Crippen LogP contribution in [-0.4, -0.2) is 28.5 Å². The number of rotatable bonds is 1. The van der Waals surface area contributed by atoms with Crippen molar-refractivity contribution in [2.24, 2.45) is 0 Å². The number of carbonyl (C=O) groups is 1. The van der Waals surface area contributed by atoms with Gasteiger partial charge in [-0.05, 0) is 38.3 Å². The fourth-order valence-electron chi connectivity index (χ4n) is 2.49. The molecular weight excluding hydrogens is 258 g/mol. The minimum absolute atomic E-state index is 0.0220. The van der Waals surface area contributed by atoms with E-state index in [0.717, 1.165) is 29.6 Å². The normalized spacial score (nSPS) is 19.6. The standard InChI is InChI=1S/C14H17N3OS/c1-10-6-4-5-9-17(10)14(18)16-13-15-11-7-2-3-8-12(11)19-13/h2-3,7-8,10H,4-6,9H2,1H3,(H,15,16,18). The van der Waals surface area contributed by atoms with Crippen molar-refractivity contribution >= 4 is 32.7 Å². The monoisotopic (exact) mass is 275 g/mol. The van der Waals surface area contributed by atoms with Gasteiger partial charge in [-0.15, -0.1) is 0 Å². The number of urea groups is 1. The number of carbonyl (C=O) groups excluding carboxylic acids is 1. The number of thiazole rings is 1. The van der Waals surface area contributed by atoms with E-state index < -0.39 is 0 Å². The first-order chi connectivity index (χ1) is 9.24. The van der Waals surface area contributed by atoms with Gasteiger partial charge in [-0.3, -0.25) is 5.32 Å². The molecule has 0 aliphatic carbocycles. The van der Waals surface area contributed by atoms with Gasteiger partial charge in [-0.2, -0.15) is 0 Å². The van der Waals surface area contributed by atoms with E-state index in [1.54, 1.807) is 0 Å². The molecule has 0 radical (unpaired) electrons. The van der Waals surface area contributed by atoms with Crippen LogP contribution >= 0.6 is 11.3 Å². The van der Waals surface area contributed by atoms with Crippen LogP contribution in [0.15, 0.2) is 24.3 Å². The molecule has 1 aromatic heterocycles. The van der Waals surface area contributed by atoms with E-state index in [4.69, 9.17) is 0 Å². The van der Waals surface area contributed by atoms with Crippen molar-refractivity contribution in [3.63, 3.8) is 0 Å². The molecule has 19 heavy (non-hydrogen) atoms.